The van der Waals surface area contributed by atoms with Gasteiger partial charge in [0.1, 0.15) is 11.8 Å². The first-order valence-electron chi connectivity index (χ1n) is 6.01. The molecule has 104 valence electrons. The molecule has 0 aliphatic heterocycles. The number of aromatic carboxylic acids is 1. The second-order valence-electron chi connectivity index (χ2n) is 4.23. The highest BCUT2D eigenvalue weighted by Crippen LogP contribution is 2.20. The molecule has 1 aromatic carbocycles. The number of rotatable bonds is 3. The maximum absolute atomic E-state index is 12.3. The molecule has 1 N–H and O–H groups in total. The van der Waals surface area contributed by atoms with Crippen LogP contribution in [0.5, 0.6) is 0 Å². The molecule has 0 aliphatic rings. The number of para-hydroxylation sites is 1. The summed E-state index contributed by atoms with van der Waals surface area (Å²) in [6, 6.07) is 11.4. The fraction of sp³-hybridized carbons (Fsp3) is 0.0667. The van der Waals surface area contributed by atoms with Crippen LogP contribution in [-0.2, 0) is 0 Å². The number of aromatic nitrogens is 1. The fourth-order valence-corrected chi connectivity index (χ4v) is 1.81. The molecule has 0 aliphatic carbocycles. The smallest absolute Gasteiger partial charge is 0.354 e. The maximum atomic E-state index is 12.3. The predicted octanol–water partition coefficient (Wildman–Crippen LogP) is 1.93. The Hall–Kier alpha value is -3.20. The van der Waals surface area contributed by atoms with E-state index in [4.69, 9.17) is 10.4 Å². The SMILES string of the molecule is CN(C(=O)c1ccc(C(=O)O)nc1)c1ccccc1C#N. The van der Waals surface area contributed by atoms with Gasteiger partial charge in [0.05, 0.1) is 16.8 Å². The Morgan fingerprint density at radius 1 is 1.24 bits per heavy atom. The van der Waals surface area contributed by atoms with E-state index in [9.17, 15) is 9.59 Å². The van der Waals surface area contributed by atoms with Gasteiger partial charge in [0.15, 0.2) is 0 Å². The van der Waals surface area contributed by atoms with E-state index in [0.29, 0.717) is 11.3 Å². The molecule has 0 atom stereocenters. The molecule has 1 amide bonds. The van der Waals surface area contributed by atoms with E-state index in [1.165, 1.54) is 23.2 Å². The molecule has 0 bridgehead atoms. The van der Waals surface area contributed by atoms with Crippen LogP contribution in [0, 0.1) is 11.3 Å². The Balaban J connectivity index is 2.31. The number of nitrogens with zero attached hydrogens (tertiary/aromatic N) is 3. The van der Waals surface area contributed by atoms with E-state index in [1.54, 1.807) is 31.3 Å². The van der Waals surface area contributed by atoms with Crippen molar-refractivity contribution in [2.45, 2.75) is 0 Å². The van der Waals surface area contributed by atoms with Crippen LogP contribution in [0.3, 0.4) is 0 Å². The predicted molar refractivity (Wildman–Crippen MR) is 75.1 cm³/mol. The number of anilines is 1. The van der Waals surface area contributed by atoms with Crippen molar-refractivity contribution in [1.29, 1.82) is 5.26 Å². The van der Waals surface area contributed by atoms with Crippen LogP contribution in [0.4, 0.5) is 5.69 Å². The lowest BCUT2D eigenvalue weighted by atomic mass is 10.1. The highest BCUT2D eigenvalue weighted by Gasteiger charge is 2.17. The molecule has 1 heterocycles. The molecular weight excluding hydrogens is 270 g/mol. The summed E-state index contributed by atoms with van der Waals surface area (Å²) in [6.45, 7) is 0. The van der Waals surface area contributed by atoms with Crippen molar-refractivity contribution in [2.75, 3.05) is 11.9 Å². The number of hydrogen-bond acceptors (Lipinski definition) is 4. The van der Waals surface area contributed by atoms with E-state index >= 15 is 0 Å². The molecular formula is C15H11N3O3. The van der Waals surface area contributed by atoms with Crippen LogP contribution in [0.2, 0.25) is 0 Å². The van der Waals surface area contributed by atoms with Crippen molar-refractivity contribution < 1.29 is 14.7 Å². The molecule has 6 nitrogen and oxygen atoms in total. The summed E-state index contributed by atoms with van der Waals surface area (Å²) in [5.74, 6) is -1.53. The third-order valence-corrected chi connectivity index (χ3v) is 2.92. The zero-order valence-corrected chi connectivity index (χ0v) is 11.1. The molecule has 6 heteroatoms. The summed E-state index contributed by atoms with van der Waals surface area (Å²) in [4.78, 5) is 28.1. The molecule has 0 fully saturated rings. The summed E-state index contributed by atoms with van der Waals surface area (Å²) < 4.78 is 0. The average Bonchev–Trinajstić information content (AvgIpc) is 2.53. The highest BCUT2D eigenvalue weighted by atomic mass is 16.4. The van der Waals surface area contributed by atoms with E-state index in [1.807, 2.05) is 6.07 Å². The normalized spacial score (nSPS) is 9.71. The summed E-state index contributed by atoms with van der Waals surface area (Å²) in [6.07, 6.45) is 1.21. The zero-order chi connectivity index (χ0) is 15.4. The largest absolute Gasteiger partial charge is 0.477 e. The van der Waals surface area contributed by atoms with Crippen LogP contribution in [0.25, 0.3) is 0 Å². The first-order valence-corrected chi connectivity index (χ1v) is 6.01. The molecule has 0 spiro atoms. The van der Waals surface area contributed by atoms with Gasteiger partial charge < -0.3 is 10.0 Å². The Morgan fingerprint density at radius 3 is 2.52 bits per heavy atom. The van der Waals surface area contributed by atoms with Crippen LogP contribution < -0.4 is 4.90 Å². The Labute approximate surface area is 120 Å². The van der Waals surface area contributed by atoms with Crippen molar-refractivity contribution in [3.8, 4) is 6.07 Å². The van der Waals surface area contributed by atoms with Gasteiger partial charge in [-0.3, -0.25) is 4.79 Å². The van der Waals surface area contributed by atoms with Crippen LogP contribution in [0.1, 0.15) is 26.4 Å². The van der Waals surface area contributed by atoms with Crippen molar-refractivity contribution >= 4 is 17.6 Å². The van der Waals surface area contributed by atoms with Crippen LogP contribution >= 0.6 is 0 Å². The van der Waals surface area contributed by atoms with E-state index in [0.717, 1.165) is 0 Å². The van der Waals surface area contributed by atoms with Gasteiger partial charge in [0.25, 0.3) is 5.91 Å². The Morgan fingerprint density at radius 2 is 1.95 bits per heavy atom. The number of carboxylic acid groups (broad SMARTS) is 1. The average molecular weight is 281 g/mol. The molecule has 2 aromatic rings. The Kier molecular flexibility index (Phi) is 3.95. The molecule has 0 saturated carbocycles. The third-order valence-electron chi connectivity index (χ3n) is 2.92. The van der Waals surface area contributed by atoms with Crippen molar-refractivity contribution in [3.63, 3.8) is 0 Å². The maximum Gasteiger partial charge on any atom is 0.354 e. The number of carbonyl (C=O) groups is 2. The van der Waals surface area contributed by atoms with Gasteiger partial charge in [0, 0.05) is 13.2 Å². The second kappa shape index (κ2) is 5.84. The van der Waals surface area contributed by atoms with Gasteiger partial charge in [-0.2, -0.15) is 5.26 Å². The monoisotopic (exact) mass is 281 g/mol. The van der Waals surface area contributed by atoms with E-state index in [2.05, 4.69) is 4.98 Å². The topological polar surface area (TPSA) is 94.3 Å². The van der Waals surface area contributed by atoms with Gasteiger partial charge in [-0.25, -0.2) is 9.78 Å². The van der Waals surface area contributed by atoms with Crippen LogP contribution in [0.15, 0.2) is 42.6 Å². The summed E-state index contributed by atoms with van der Waals surface area (Å²) in [5, 5.41) is 17.8. The third kappa shape index (κ3) is 2.87. The lowest BCUT2D eigenvalue weighted by Gasteiger charge is -2.18. The number of nitriles is 1. The van der Waals surface area contributed by atoms with E-state index in [-0.39, 0.29) is 17.2 Å². The van der Waals surface area contributed by atoms with Gasteiger partial charge in [-0.05, 0) is 24.3 Å². The van der Waals surface area contributed by atoms with Gasteiger partial charge in [0.2, 0.25) is 0 Å². The molecule has 1 aromatic heterocycles. The van der Waals surface area contributed by atoms with Gasteiger partial charge >= 0.3 is 5.97 Å². The zero-order valence-electron chi connectivity index (χ0n) is 11.1. The summed E-state index contributed by atoms with van der Waals surface area (Å²) in [7, 11) is 1.55. The minimum absolute atomic E-state index is 0.133. The van der Waals surface area contributed by atoms with Crippen LogP contribution in [-0.4, -0.2) is 29.0 Å². The molecule has 21 heavy (non-hydrogen) atoms. The number of carboxylic acids is 1. The quantitative estimate of drug-likeness (QED) is 0.927. The first kappa shape index (κ1) is 14.2. The number of pyridine rings is 1. The second-order valence-corrected chi connectivity index (χ2v) is 4.23. The molecule has 0 saturated heterocycles. The van der Waals surface area contributed by atoms with Crippen molar-refractivity contribution in [1.82, 2.24) is 4.98 Å². The highest BCUT2D eigenvalue weighted by molar-refractivity contribution is 6.06. The summed E-state index contributed by atoms with van der Waals surface area (Å²) in [5.41, 5.74) is 0.970. The first-order chi connectivity index (χ1) is 10.0. The Bertz CT molecular complexity index is 733. The summed E-state index contributed by atoms with van der Waals surface area (Å²) >= 11 is 0. The van der Waals surface area contributed by atoms with Gasteiger partial charge in [-0.15, -0.1) is 0 Å². The van der Waals surface area contributed by atoms with Gasteiger partial charge in [-0.1, -0.05) is 12.1 Å². The minimum Gasteiger partial charge on any atom is -0.477 e. The minimum atomic E-state index is -1.16. The number of carbonyl (C=O) groups excluding carboxylic acids is 1. The molecule has 2 rings (SSSR count). The fourth-order valence-electron chi connectivity index (χ4n) is 1.81. The van der Waals surface area contributed by atoms with E-state index < -0.39 is 5.97 Å². The standard InChI is InChI=1S/C15H11N3O3/c1-18(13-5-3-2-4-10(13)8-16)14(19)11-6-7-12(15(20)21)17-9-11/h2-7,9H,1H3,(H,20,21). The van der Waals surface area contributed by atoms with Crippen molar-refractivity contribution in [3.05, 3.63) is 59.4 Å². The number of hydrogen-bond donors (Lipinski definition) is 1. The number of benzene rings is 1. The van der Waals surface area contributed by atoms with Crippen molar-refractivity contribution in [2.24, 2.45) is 0 Å². The number of amides is 1. The molecule has 0 unspecified atom stereocenters. The lowest BCUT2D eigenvalue weighted by molar-refractivity contribution is 0.0690. The molecule has 0 radical (unpaired) electrons. The lowest BCUT2D eigenvalue weighted by Crippen LogP contribution is -2.27.